The van der Waals surface area contributed by atoms with Gasteiger partial charge in [0.2, 0.25) is 5.91 Å². The molecule has 0 bridgehead atoms. The number of nitrogens with one attached hydrogen (secondary N) is 2. The van der Waals surface area contributed by atoms with Gasteiger partial charge in [0.1, 0.15) is 0 Å². The van der Waals surface area contributed by atoms with Gasteiger partial charge in [0.05, 0.1) is 6.54 Å². The van der Waals surface area contributed by atoms with Gasteiger partial charge in [-0.2, -0.15) is 0 Å². The highest BCUT2D eigenvalue weighted by molar-refractivity contribution is 6.30. The number of ether oxygens (including phenoxy) is 1. The van der Waals surface area contributed by atoms with Crippen molar-refractivity contribution in [3.8, 4) is 0 Å². The van der Waals surface area contributed by atoms with Crippen molar-refractivity contribution in [1.29, 1.82) is 0 Å². The summed E-state index contributed by atoms with van der Waals surface area (Å²) in [4.78, 5) is 26.0. The van der Waals surface area contributed by atoms with Gasteiger partial charge in [-0.1, -0.05) is 23.7 Å². The van der Waals surface area contributed by atoms with Gasteiger partial charge in [-0.05, 0) is 43.4 Å². The molecule has 142 valence electrons. The smallest absolute Gasteiger partial charge is 0.315 e. The first-order valence-corrected chi connectivity index (χ1v) is 9.60. The average Bonchev–Trinajstić information content (AvgIpc) is 3.20. The fraction of sp³-hybridized carbons (Fsp3) is 0.579. The van der Waals surface area contributed by atoms with E-state index in [0.29, 0.717) is 24.8 Å². The molecule has 0 aliphatic carbocycles. The van der Waals surface area contributed by atoms with Crippen LogP contribution >= 0.6 is 11.6 Å². The third kappa shape index (κ3) is 4.68. The molecular weight excluding hydrogens is 354 g/mol. The molecule has 2 heterocycles. The summed E-state index contributed by atoms with van der Waals surface area (Å²) in [5, 5.41) is 6.32. The third-order valence-corrected chi connectivity index (χ3v) is 5.60. The van der Waals surface area contributed by atoms with Crippen molar-refractivity contribution in [3.05, 3.63) is 34.9 Å². The molecule has 2 saturated heterocycles. The van der Waals surface area contributed by atoms with Crippen LogP contribution in [-0.4, -0.2) is 56.2 Å². The molecule has 0 unspecified atom stereocenters. The van der Waals surface area contributed by atoms with Crippen LogP contribution in [-0.2, 0) is 14.9 Å². The van der Waals surface area contributed by atoms with Gasteiger partial charge in [0, 0.05) is 43.3 Å². The predicted octanol–water partition coefficient (Wildman–Crippen LogP) is 2.31. The summed E-state index contributed by atoms with van der Waals surface area (Å²) in [6.45, 7) is 3.47. The molecule has 26 heavy (non-hydrogen) atoms. The van der Waals surface area contributed by atoms with Crippen molar-refractivity contribution in [2.75, 3.05) is 39.4 Å². The van der Waals surface area contributed by atoms with E-state index < -0.39 is 0 Å². The lowest BCUT2D eigenvalue weighted by atomic mass is 9.74. The lowest BCUT2D eigenvalue weighted by molar-refractivity contribution is -0.128. The van der Waals surface area contributed by atoms with Crippen molar-refractivity contribution in [1.82, 2.24) is 15.5 Å². The molecule has 3 amide bonds. The molecule has 0 spiro atoms. The Hall–Kier alpha value is -1.79. The number of carbonyl (C=O) groups excluding carboxylic acids is 2. The SMILES string of the molecule is O=C(NCC(=O)N1CCCC1)NCC1(c2ccc(Cl)cc2)CCOCC1. The van der Waals surface area contributed by atoms with E-state index in [4.69, 9.17) is 16.3 Å². The van der Waals surface area contributed by atoms with Gasteiger partial charge in [0.15, 0.2) is 0 Å². The van der Waals surface area contributed by atoms with Crippen molar-refractivity contribution < 1.29 is 14.3 Å². The average molecular weight is 380 g/mol. The first-order chi connectivity index (χ1) is 12.6. The normalized spacial score (nSPS) is 19.2. The Morgan fingerprint density at radius 2 is 1.73 bits per heavy atom. The van der Waals surface area contributed by atoms with Crippen LogP contribution in [0.4, 0.5) is 4.79 Å². The van der Waals surface area contributed by atoms with E-state index in [1.165, 1.54) is 0 Å². The number of benzene rings is 1. The zero-order valence-electron chi connectivity index (χ0n) is 14.9. The summed E-state index contributed by atoms with van der Waals surface area (Å²) in [5.74, 6) is -0.0175. The van der Waals surface area contributed by atoms with Crippen molar-refractivity contribution in [2.45, 2.75) is 31.1 Å². The summed E-state index contributed by atoms with van der Waals surface area (Å²) < 4.78 is 5.51. The zero-order chi connectivity index (χ0) is 18.4. The maximum Gasteiger partial charge on any atom is 0.315 e. The van der Waals surface area contributed by atoms with Gasteiger partial charge >= 0.3 is 6.03 Å². The molecular formula is C19H26ClN3O3. The first kappa shape index (κ1) is 19.0. The molecule has 0 radical (unpaired) electrons. The summed E-state index contributed by atoms with van der Waals surface area (Å²) in [5.41, 5.74) is 0.984. The molecule has 6 nitrogen and oxygen atoms in total. The zero-order valence-corrected chi connectivity index (χ0v) is 15.7. The Morgan fingerprint density at radius 1 is 1.08 bits per heavy atom. The maximum absolute atomic E-state index is 12.2. The Bertz CT molecular complexity index is 623. The monoisotopic (exact) mass is 379 g/mol. The fourth-order valence-electron chi connectivity index (χ4n) is 3.68. The number of likely N-dealkylation sites (tertiary alicyclic amines) is 1. The summed E-state index contributed by atoms with van der Waals surface area (Å²) in [7, 11) is 0. The summed E-state index contributed by atoms with van der Waals surface area (Å²) in [6.07, 6.45) is 3.76. The van der Waals surface area contributed by atoms with Crippen molar-refractivity contribution in [3.63, 3.8) is 0 Å². The van der Waals surface area contributed by atoms with Crippen LogP contribution in [0.3, 0.4) is 0 Å². The second-order valence-corrected chi connectivity index (χ2v) is 7.46. The van der Waals surface area contributed by atoms with Crippen LogP contribution in [0.1, 0.15) is 31.2 Å². The third-order valence-electron chi connectivity index (χ3n) is 5.35. The van der Waals surface area contributed by atoms with Gasteiger partial charge < -0.3 is 20.3 Å². The maximum atomic E-state index is 12.2. The van der Waals surface area contributed by atoms with Crippen LogP contribution in [0, 0.1) is 0 Å². The van der Waals surface area contributed by atoms with Gasteiger partial charge in [-0.25, -0.2) is 4.79 Å². The highest BCUT2D eigenvalue weighted by Gasteiger charge is 2.34. The standard InChI is InChI=1S/C19H26ClN3O3/c20-16-5-3-15(4-6-16)19(7-11-26-12-8-19)14-22-18(25)21-13-17(24)23-9-1-2-10-23/h3-6H,1-2,7-14H2,(H2,21,22,25). The Morgan fingerprint density at radius 3 is 2.38 bits per heavy atom. The lowest BCUT2D eigenvalue weighted by Gasteiger charge is -2.38. The minimum atomic E-state index is -0.308. The molecule has 0 saturated carbocycles. The minimum Gasteiger partial charge on any atom is -0.381 e. The molecule has 3 rings (SSSR count). The molecule has 1 aromatic rings. The quantitative estimate of drug-likeness (QED) is 0.824. The summed E-state index contributed by atoms with van der Waals surface area (Å²) in [6, 6.07) is 7.48. The number of hydrogen-bond donors (Lipinski definition) is 2. The van der Waals surface area contributed by atoms with Crippen LogP contribution in [0.5, 0.6) is 0 Å². The van der Waals surface area contributed by atoms with E-state index in [2.05, 4.69) is 10.6 Å². The predicted molar refractivity (Wildman–Crippen MR) is 100 cm³/mol. The van der Waals surface area contributed by atoms with E-state index in [9.17, 15) is 9.59 Å². The first-order valence-electron chi connectivity index (χ1n) is 9.22. The van der Waals surface area contributed by atoms with Gasteiger partial charge in [-0.3, -0.25) is 4.79 Å². The number of carbonyl (C=O) groups is 2. The minimum absolute atomic E-state index is 0.0175. The molecule has 1 aromatic carbocycles. The molecule has 0 atom stereocenters. The van der Waals surface area contributed by atoms with Crippen LogP contribution in [0.2, 0.25) is 5.02 Å². The molecule has 2 fully saturated rings. The van der Waals surface area contributed by atoms with E-state index in [-0.39, 0.29) is 23.9 Å². The highest BCUT2D eigenvalue weighted by atomic mass is 35.5. The lowest BCUT2D eigenvalue weighted by Crippen LogP contribution is -2.49. The Balaban J connectivity index is 1.54. The Labute approximate surface area is 159 Å². The number of rotatable bonds is 5. The molecule has 0 aromatic heterocycles. The van der Waals surface area contributed by atoms with Gasteiger partial charge in [-0.15, -0.1) is 0 Å². The summed E-state index contributed by atoms with van der Waals surface area (Å²) >= 11 is 6.01. The van der Waals surface area contributed by atoms with Crippen LogP contribution < -0.4 is 10.6 Å². The second kappa shape index (κ2) is 8.73. The topological polar surface area (TPSA) is 70.7 Å². The number of hydrogen-bond acceptors (Lipinski definition) is 3. The highest BCUT2D eigenvalue weighted by Crippen LogP contribution is 2.34. The number of halogens is 1. The molecule has 2 aliphatic heterocycles. The van der Waals surface area contributed by atoms with Crippen LogP contribution in [0.15, 0.2) is 24.3 Å². The molecule has 2 aliphatic rings. The van der Waals surface area contributed by atoms with Crippen molar-refractivity contribution >= 4 is 23.5 Å². The number of amides is 3. The largest absolute Gasteiger partial charge is 0.381 e. The second-order valence-electron chi connectivity index (χ2n) is 7.02. The number of urea groups is 1. The van der Waals surface area contributed by atoms with Crippen molar-refractivity contribution in [2.24, 2.45) is 0 Å². The fourth-order valence-corrected chi connectivity index (χ4v) is 3.81. The van der Waals surface area contributed by atoms with E-state index in [1.807, 2.05) is 24.3 Å². The molecule has 2 N–H and O–H groups in total. The van der Waals surface area contributed by atoms with Crippen LogP contribution in [0.25, 0.3) is 0 Å². The van der Waals surface area contributed by atoms with E-state index in [0.717, 1.165) is 44.3 Å². The Kier molecular flexibility index (Phi) is 6.38. The van der Waals surface area contributed by atoms with Gasteiger partial charge in [0.25, 0.3) is 0 Å². The molecule has 7 heteroatoms. The van der Waals surface area contributed by atoms with E-state index >= 15 is 0 Å². The van der Waals surface area contributed by atoms with E-state index in [1.54, 1.807) is 4.90 Å². The number of nitrogens with zero attached hydrogens (tertiary/aromatic N) is 1.